The van der Waals surface area contributed by atoms with Gasteiger partial charge in [0, 0.05) is 32.0 Å². The quantitative estimate of drug-likeness (QED) is 0.333. The van der Waals surface area contributed by atoms with Crippen LogP contribution in [0.3, 0.4) is 0 Å². The Bertz CT molecular complexity index is 1370. The molecule has 1 aliphatic rings. The molecule has 0 aliphatic carbocycles. The van der Waals surface area contributed by atoms with E-state index in [1.165, 1.54) is 24.3 Å². The Morgan fingerprint density at radius 3 is 2.12 bits per heavy atom. The standard InChI is InChI=1S/C23H12Cl5N3O3/c24-12-4-5-18(17(27)10-12)31-22(33)19(28)20(23(31)34)29-15-3-1-2-11(6-15)21(32)30-16-8-13(25)7-14(26)9-16/h1-10,29H,(H,30,32). The normalized spacial score (nSPS) is 13.5. The van der Waals surface area contributed by atoms with Crippen molar-refractivity contribution in [2.75, 3.05) is 15.5 Å². The molecule has 0 unspecified atom stereocenters. The molecule has 0 saturated carbocycles. The molecule has 3 aromatic rings. The third-order valence-corrected chi connectivity index (χ3v) is 6.02. The molecule has 11 heteroatoms. The van der Waals surface area contributed by atoms with Gasteiger partial charge >= 0.3 is 0 Å². The largest absolute Gasteiger partial charge is 0.350 e. The summed E-state index contributed by atoms with van der Waals surface area (Å²) in [5, 5.41) is 6.40. The third-order valence-electron chi connectivity index (χ3n) is 4.69. The van der Waals surface area contributed by atoms with Crippen LogP contribution >= 0.6 is 58.0 Å². The van der Waals surface area contributed by atoms with Crippen molar-refractivity contribution in [1.82, 2.24) is 0 Å². The lowest BCUT2D eigenvalue weighted by molar-refractivity contribution is -0.120. The number of rotatable bonds is 5. The summed E-state index contributed by atoms with van der Waals surface area (Å²) in [6, 6.07) is 15.3. The summed E-state index contributed by atoms with van der Waals surface area (Å²) in [6.45, 7) is 0. The van der Waals surface area contributed by atoms with Crippen LogP contribution in [0.15, 0.2) is 71.4 Å². The minimum atomic E-state index is -0.745. The van der Waals surface area contributed by atoms with Crippen molar-refractivity contribution in [2.24, 2.45) is 0 Å². The van der Waals surface area contributed by atoms with E-state index >= 15 is 0 Å². The molecule has 4 rings (SSSR count). The topological polar surface area (TPSA) is 78.5 Å². The second kappa shape index (κ2) is 9.86. The summed E-state index contributed by atoms with van der Waals surface area (Å²) in [5.74, 6) is -1.89. The van der Waals surface area contributed by atoms with Gasteiger partial charge in [-0.15, -0.1) is 0 Å². The molecule has 172 valence electrons. The highest BCUT2D eigenvalue weighted by Gasteiger charge is 2.39. The monoisotopic (exact) mass is 553 g/mol. The van der Waals surface area contributed by atoms with Crippen LogP contribution < -0.4 is 15.5 Å². The van der Waals surface area contributed by atoms with Gasteiger partial charge < -0.3 is 10.6 Å². The number of benzene rings is 3. The maximum atomic E-state index is 13.0. The molecule has 1 heterocycles. The third kappa shape index (κ3) is 5.02. The number of hydrogen-bond donors (Lipinski definition) is 2. The molecular formula is C23H12Cl5N3O3. The van der Waals surface area contributed by atoms with Gasteiger partial charge in [0.2, 0.25) is 0 Å². The Balaban J connectivity index is 1.56. The van der Waals surface area contributed by atoms with E-state index in [4.69, 9.17) is 58.0 Å². The second-order valence-electron chi connectivity index (χ2n) is 7.05. The Morgan fingerprint density at radius 2 is 1.44 bits per heavy atom. The number of nitrogens with one attached hydrogen (secondary N) is 2. The fourth-order valence-corrected chi connectivity index (χ4v) is 4.44. The molecule has 0 bridgehead atoms. The zero-order valence-corrected chi connectivity index (χ0v) is 20.6. The van der Waals surface area contributed by atoms with Gasteiger partial charge in [-0.2, -0.15) is 0 Å². The Morgan fingerprint density at radius 1 is 0.735 bits per heavy atom. The molecule has 34 heavy (non-hydrogen) atoms. The number of halogens is 5. The first kappa shape index (κ1) is 24.4. The molecule has 3 aromatic carbocycles. The van der Waals surface area contributed by atoms with Gasteiger partial charge in [-0.3, -0.25) is 14.4 Å². The highest BCUT2D eigenvalue weighted by atomic mass is 35.5. The lowest BCUT2D eigenvalue weighted by Gasteiger charge is -2.16. The number of hydrogen-bond acceptors (Lipinski definition) is 4. The lowest BCUT2D eigenvalue weighted by atomic mass is 10.1. The number of imide groups is 1. The lowest BCUT2D eigenvalue weighted by Crippen LogP contribution is -2.32. The van der Waals surface area contributed by atoms with Crippen molar-refractivity contribution in [3.63, 3.8) is 0 Å². The van der Waals surface area contributed by atoms with Gasteiger partial charge in [0.15, 0.2) is 0 Å². The summed E-state index contributed by atoms with van der Waals surface area (Å²) in [6.07, 6.45) is 0. The van der Waals surface area contributed by atoms with Crippen LogP contribution in [-0.2, 0) is 9.59 Å². The van der Waals surface area contributed by atoms with Gasteiger partial charge in [0.1, 0.15) is 10.7 Å². The van der Waals surface area contributed by atoms with E-state index in [2.05, 4.69) is 10.6 Å². The maximum absolute atomic E-state index is 13.0. The van der Waals surface area contributed by atoms with Crippen LogP contribution in [0.4, 0.5) is 17.1 Å². The Hall–Kier alpha value is -2.74. The number of anilines is 3. The smallest absolute Gasteiger partial charge is 0.283 e. The van der Waals surface area contributed by atoms with E-state index in [1.54, 1.807) is 36.4 Å². The molecular weight excluding hydrogens is 544 g/mol. The van der Waals surface area contributed by atoms with E-state index < -0.39 is 17.7 Å². The van der Waals surface area contributed by atoms with Crippen LogP contribution in [0.2, 0.25) is 20.1 Å². The Kier molecular flexibility index (Phi) is 7.07. The van der Waals surface area contributed by atoms with Gasteiger partial charge in [-0.05, 0) is 54.6 Å². The molecule has 0 radical (unpaired) electrons. The highest BCUT2D eigenvalue weighted by Crippen LogP contribution is 2.35. The van der Waals surface area contributed by atoms with Gasteiger partial charge in [0.25, 0.3) is 17.7 Å². The summed E-state index contributed by atoms with van der Waals surface area (Å²) in [5.41, 5.74) is 1.03. The highest BCUT2D eigenvalue weighted by molar-refractivity contribution is 6.54. The van der Waals surface area contributed by atoms with Crippen LogP contribution in [-0.4, -0.2) is 17.7 Å². The van der Waals surface area contributed by atoms with Crippen molar-refractivity contribution < 1.29 is 14.4 Å². The predicted octanol–water partition coefficient (Wildman–Crippen LogP) is 6.99. The van der Waals surface area contributed by atoms with E-state index in [0.717, 1.165) is 4.90 Å². The fraction of sp³-hybridized carbons (Fsp3) is 0. The number of nitrogens with zero attached hydrogens (tertiary/aromatic N) is 1. The molecule has 0 spiro atoms. The summed E-state index contributed by atoms with van der Waals surface area (Å²) < 4.78 is 0. The molecule has 0 aromatic heterocycles. The summed E-state index contributed by atoms with van der Waals surface area (Å²) in [4.78, 5) is 39.2. The maximum Gasteiger partial charge on any atom is 0.283 e. The average Bonchev–Trinajstić information content (AvgIpc) is 2.97. The fourth-order valence-electron chi connectivity index (χ4n) is 3.20. The predicted molar refractivity (Wildman–Crippen MR) is 136 cm³/mol. The first-order chi connectivity index (χ1) is 16.1. The zero-order chi connectivity index (χ0) is 24.6. The molecule has 0 fully saturated rings. The molecule has 0 saturated heterocycles. The van der Waals surface area contributed by atoms with E-state index in [9.17, 15) is 14.4 Å². The van der Waals surface area contributed by atoms with Crippen LogP contribution in [0.5, 0.6) is 0 Å². The molecule has 2 N–H and O–H groups in total. The van der Waals surface area contributed by atoms with Crippen LogP contribution in [0.25, 0.3) is 0 Å². The van der Waals surface area contributed by atoms with E-state index in [-0.39, 0.29) is 27.0 Å². The van der Waals surface area contributed by atoms with Gasteiger partial charge in [-0.25, -0.2) is 4.90 Å². The molecule has 3 amide bonds. The minimum absolute atomic E-state index is 0.111. The van der Waals surface area contributed by atoms with Crippen molar-refractivity contribution in [2.45, 2.75) is 0 Å². The van der Waals surface area contributed by atoms with E-state index in [1.807, 2.05) is 0 Å². The summed E-state index contributed by atoms with van der Waals surface area (Å²) >= 11 is 30.2. The first-order valence-electron chi connectivity index (χ1n) is 9.52. The number of amides is 3. The number of carbonyl (C=O) groups excluding carboxylic acids is 3. The first-order valence-corrected chi connectivity index (χ1v) is 11.4. The molecule has 1 aliphatic heterocycles. The molecule has 0 atom stereocenters. The number of carbonyl (C=O) groups is 3. The van der Waals surface area contributed by atoms with Crippen molar-refractivity contribution >= 4 is 92.8 Å². The minimum Gasteiger partial charge on any atom is -0.350 e. The zero-order valence-electron chi connectivity index (χ0n) is 16.8. The SMILES string of the molecule is O=C(Nc1cc(Cl)cc(Cl)c1)c1cccc(NC2=C(Cl)C(=O)N(c3ccc(Cl)cc3Cl)C2=O)c1. The van der Waals surface area contributed by atoms with Crippen molar-refractivity contribution in [3.05, 3.63) is 97.0 Å². The second-order valence-corrected chi connectivity index (χ2v) is 9.14. The van der Waals surface area contributed by atoms with Gasteiger partial charge in [0.05, 0.1) is 10.7 Å². The average molecular weight is 556 g/mol. The van der Waals surface area contributed by atoms with Crippen molar-refractivity contribution in [3.8, 4) is 0 Å². The van der Waals surface area contributed by atoms with Gasteiger partial charge in [-0.1, -0.05) is 64.1 Å². The van der Waals surface area contributed by atoms with Crippen LogP contribution in [0.1, 0.15) is 10.4 Å². The Labute approximate surface area is 219 Å². The molecule has 6 nitrogen and oxygen atoms in total. The van der Waals surface area contributed by atoms with Crippen molar-refractivity contribution in [1.29, 1.82) is 0 Å². The van der Waals surface area contributed by atoms with E-state index in [0.29, 0.717) is 26.4 Å². The summed E-state index contributed by atoms with van der Waals surface area (Å²) in [7, 11) is 0. The van der Waals surface area contributed by atoms with Crippen LogP contribution in [0, 0.1) is 0 Å².